The van der Waals surface area contributed by atoms with E-state index in [1.54, 1.807) is 36.4 Å². The first-order chi connectivity index (χ1) is 13.4. The maximum absolute atomic E-state index is 14.1. The highest BCUT2D eigenvalue weighted by Crippen LogP contribution is 2.45. The number of nitrogens with zero attached hydrogens (tertiary/aromatic N) is 2. The van der Waals surface area contributed by atoms with Gasteiger partial charge in [-0.15, -0.1) is 0 Å². The van der Waals surface area contributed by atoms with Crippen LogP contribution < -0.4 is 10.5 Å². The van der Waals surface area contributed by atoms with Gasteiger partial charge >= 0.3 is 0 Å². The third kappa shape index (κ3) is 3.37. The summed E-state index contributed by atoms with van der Waals surface area (Å²) in [6.07, 6.45) is 1.38. The van der Waals surface area contributed by atoms with E-state index in [9.17, 15) is 8.78 Å². The zero-order valence-corrected chi connectivity index (χ0v) is 16.4. The largest absolute Gasteiger partial charge is 0.465 e. The maximum Gasteiger partial charge on any atom is 0.279 e. The molecule has 2 aromatic heterocycles. The average molecular weight is 494 g/mol. The fourth-order valence-electron chi connectivity index (χ4n) is 3.10. The number of rotatable bonds is 3. The van der Waals surface area contributed by atoms with Crippen LogP contribution in [-0.2, 0) is 4.74 Å². The summed E-state index contributed by atoms with van der Waals surface area (Å²) in [5, 5.41) is 7.35. The van der Waals surface area contributed by atoms with E-state index in [1.807, 2.05) is 22.6 Å². The van der Waals surface area contributed by atoms with E-state index in [-0.39, 0.29) is 12.5 Å². The predicted molar refractivity (Wildman–Crippen MR) is 106 cm³/mol. The molecule has 0 aliphatic carbocycles. The summed E-state index contributed by atoms with van der Waals surface area (Å²) < 4.78 is 39.4. The summed E-state index contributed by atoms with van der Waals surface area (Å²) in [5.41, 5.74) is 7.58. The zero-order chi connectivity index (χ0) is 19.8. The molecule has 0 saturated heterocycles. The summed E-state index contributed by atoms with van der Waals surface area (Å²) in [6, 6.07) is 9.58. The molecule has 1 atom stereocenters. The fraction of sp³-hybridized carbons (Fsp3) is 0.105. The second-order valence-electron chi connectivity index (χ2n) is 6.08. The van der Waals surface area contributed by atoms with E-state index in [0.717, 1.165) is 0 Å². The van der Waals surface area contributed by atoms with Crippen molar-refractivity contribution >= 4 is 28.6 Å². The number of amidine groups is 1. The van der Waals surface area contributed by atoms with Crippen molar-refractivity contribution in [2.24, 2.45) is 5.73 Å². The van der Waals surface area contributed by atoms with Crippen molar-refractivity contribution in [3.8, 4) is 22.8 Å². The molecule has 0 saturated carbocycles. The van der Waals surface area contributed by atoms with Gasteiger partial charge in [-0.25, -0.2) is 4.98 Å². The van der Waals surface area contributed by atoms with Crippen LogP contribution in [0.25, 0.3) is 11.1 Å². The molecule has 0 spiro atoms. The minimum Gasteiger partial charge on any atom is -0.465 e. The number of benzene rings is 1. The minimum atomic E-state index is -0.636. The summed E-state index contributed by atoms with van der Waals surface area (Å²) in [6.45, 7) is 0.0288. The highest BCUT2D eigenvalue weighted by Gasteiger charge is 2.31. The lowest BCUT2D eigenvalue weighted by Gasteiger charge is -2.28. The highest BCUT2D eigenvalue weighted by molar-refractivity contribution is 14.1. The number of halogens is 3. The molecule has 0 amide bonds. The Morgan fingerprint density at radius 2 is 2.04 bits per heavy atom. The minimum absolute atomic E-state index is 0.0288. The van der Waals surface area contributed by atoms with Gasteiger partial charge in [0.1, 0.15) is 12.4 Å². The van der Waals surface area contributed by atoms with Gasteiger partial charge in [0, 0.05) is 22.9 Å². The quantitative estimate of drug-likeness (QED) is 0.247. The molecule has 0 fully saturated rings. The molecule has 4 rings (SSSR count). The monoisotopic (exact) mass is 494 g/mol. The summed E-state index contributed by atoms with van der Waals surface area (Å²) >= 11 is 1.84. The normalized spacial score (nSPS) is 14.6. The molecule has 9 heteroatoms. The molecule has 1 aliphatic heterocycles. The van der Waals surface area contributed by atoms with Gasteiger partial charge in [-0.2, -0.15) is 13.8 Å². The van der Waals surface area contributed by atoms with Gasteiger partial charge in [-0.05, 0) is 58.5 Å². The van der Waals surface area contributed by atoms with Crippen LogP contribution in [0.1, 0.15) is 17.0 Å². The lowest BCUT2D eigenvalue weighted by atomic mass is 9.88. The van der Waals surface area contributed by atoms with E-state index in [1.165, 1.54) is 6.20 Å². The first-order valence-corrected chi connectivity index (χ1v) is 9.27. The van der Waals surface area contributed by atoms with Crippen LogP contribution >= 0.6 is 22.6 Å². The Labute approximate surface area is 172 Å². The van der Waals surface area contributed by atoms with Crippen LogP contribution in [0.4, 0.5) is 8.78 Å². The molecule has 3 N–H and O–H groups in total. The Balaban J connectivity index is 1.84. The summed E-state index contributed by atoms with van der Waals surface area (Å²) in [7, 11) is 0. The zero-order valence-electron chi connectivity index (χ0n) is 14.2. The lowest BCUT2D eigenvalue weighted by Crippen LogP contribution is -2.22. The summed E-state index contributed by atoms with van der Waals surface area (Å²) in [5.74, 6) is -1.07. The molecule has 0 bridgehead atoms. The Kier molecular flexibility index (Phi) is 4.84. The topological polar surface area (TPSA) is 94.1 Å². The number of fused-ring (bicyclic) bond motifs is 2. The van der Waals surface area contributed by atoms with Gasteiger partial charge in [-0.1, -0.05) is 6.07 Å². The van der Waals surface area contributed by atoms with Crippen LogP contribution in [0.2, 0.25) is 0 Å². The average Bonchev–Trinajstić information content (AvgIpc) is 2.66. The van der Waals surface area contributed by atoms with Gasteiger partial charge in [0.25, 0.3) is 6.02 Å². The van der Waals surface area contributed by atoms with E-state index in [0.29, 0.717) is 31.6 Å². The van der Waals surface area contributed by atoms with Gasteiger partial charge in [0.05, 0.1) is 9.49 Å². The van der Waals surface area contributed by atoms with E-state index < -0.39 is 23.8 Å². The smallest absolute Gasteiger partial charge is 0.279 e. The second-order valence-corrected chi connectivity index (χ2v) is 7.24. The van der Waals surface area contributed by atoms with Crippen LogP contribution in [-0.4, -0.2) is 22.6 Å². The number of ether oxygens (including phenoxy) is 2. The third-order valence-corrected chi connectivity index (χ3v) is 5.13. The molecule has 3 aromatic rings. The molecule has 3 heterocycles. The molecule has 0 radical (unpaired) electrons. The molecular formula is C19H13F2IN4O2. The molecule has 142 valence electrons. The van der Waals surface area contributed by atoms with Crippen molar-refractivity contribution in [1.82, 2.24) is 9.97 Å². The van der Waals surface area contributed by atoms with Gasteiger partial charge in [0.2, 0.25) is 17.8 Å². The second kappa shape index (κ2) is 7.30. The van der Waals surface area contributed by atoms with Gasteiger partial charge in [0.15, 0.2) is 0 Å². The lowest BCUT2D eigenvalue weighted by molar-refractivity contribution is 0.272. The third-order valence-electron chi connectivity index (χ3n) is 4.37. The summed E-state index contributed by atoms with van der Waals surface area (Å²) in [4.78, 5) is 7.56. The molecule has 28 heavy (non-hydrogen) atoms. The fourth-order valence-corrected chi connectivity index (χ4v) is 3.56. The molecule has 1 aromatic carbocycles. The number of pyridine rings is 2. The molecule has 1 aliphatic rings. The van der Waals surface area contributed by atoms with Crippen molar-refractivity contribution in [1.29, 1.82) is 5.41 Å². The van der Waals surface area contributed by atoms with Crippen LogP contribution in [0.3, 0.4) is 0 Å². The Hall–Kier alpha value is -2.82. The standard InChI is InChI=1S/C19H13F2IN4O2/c20-16-10(2-1-5-25-16)9-3-4-15-11(6-9)13(8-27-19(23)24)12-7-14(22)17(21)26-18(12)28-15/h1-7,13H,8H2,(H3,23,24)/t13-/m1/s1. The van der Waals surface area contributed by atoms with Crippen LogP contribution in [0.15, 0.2) is 42.6 Å². The Bertz CT molecular complexity index is 1090. The molecular weight excluding hydrogens is 481 g/mol. The van der Waals surface area contributed by atoms with E-state index >= 15 is 0 Å². The van der Waals surface area contributed by atoms with Crippen LogP contribution in [0, 0.1) is 20.9 Å². The van der Waals surface area contributed by atoms with Gasteiger partial charge in [-0.3, -0.25) is 5.41 Å². The first kappa shape index (κ1) is 18.5. The molecule has 6 nitrogen and oxygen atoms in total. The van der Waals surface area contributed by atoms with Crippen LogP contribution in [0.5, 0.6) is 11.6 Å². The highest BCUT2D eigenvalue weighted by atomic mass is 127. The molecule has 0 unspecified atom stereocenters. The van der Waals surface area contributed by atoms with E-state index in [2.05, 4.69) is 9.97 Å². The van der Waals surface area contributed by atoms with Crippen molar-refractivity contribution in [2.45, 2.75) is 5.92 Å². The number of nitrogens with one attached hydrogen (secondary N) is 1. The van der Waals surface area contributed by atoms with Crippen molar-refractivity contribution in [2.75, 3.05) is 6.61 Å². The SMILES string of the molecule is N=C(N)OC[C@@H]1c2cc(-c3cccnc3F)ccc2Oc2nc(F)c(I)cc21. The first-order valence-electron chi connectivity index (χ1n) is 8.19. The maximum atomic E-state index is 14.1. The Morgan fingerprint density at radius 1 is 1.21 bits per heavy atom. The van der Waals surface area contributed by atoms with Crippen molar-refractivity contribution in [3.05, 3.63) is 69.2 Å². The number of aromatic nitrogens is 2. The van der Waals surface area contributed by atoms with Gasteiger partial charge < -0.3 is 15.2 Å². The van der Waals surface area contributed by atoms with E-state index in [4.69, 9.17) is 20.6 Å². The number of hydrogen-bond donors (Lipinski definition) is 2. The van der Waals surface area contributed by atoms with Crippen molar-refractivity contribution < 1.29 is 18.3 Å². The number of hydrogen-bond acceptors (Lipinski definition) is 5. The predicted octanol–water partition coefficient (Wildman–Crippen LogP) is 4.17. The van der Waals surface area contributed by atoms with Crippen molar-refractivity contribution in [3.63, 3.8) is 0 Å². The Morgan fingerprint density at radius 3 is 2.79 bits per heavy atom. The number of nitrogens with two attached hydrogens (primary N) is 1.